The number of pyridine rings is 1. The molecule has 0 bridgehead atoms. The first-order chi connectivity index (χ1) is 8.74. The van der Waals surface area contributed by atoms with E-state index in [1.54, 1.807) is 12.1 Å². The van der Waals surface area contributed by atoms with Crippen molar-refractivity contribution in [2.75, 3.05) is 0 Å². The van der Waals surface area contributed by atoms with Crippen LogP contribution in [0, 0.1) is 12.7 Å². The maximum absolute atomic E-state index is 13.6. The van der Waals surface area contributed by atoms with E-state index in [1.165, 1.54) is 6.07 Å². The van der Waals surface area contributed by atoms with Crippen molar-refractivity contribution in [2.45, 2.75) is 13.3 Å². The second-order valence-electron chi connectivity index (χ2n) is 4.32. The van der Waals surface area contributed by atoms with Crippen LogP contribution in [-0.4, -0.2) is 14.6 Å². The summed E-state index contributed by atoms with van der Waals surface area (Å²) in [7, 11) is 0. The van der Waals surface area contributed by atoms with Gasteiger partial charge in [-0.05, 0) is 36.2 Å². The second-order valence-corrected chi connectivity index (χ2v) is 4.32. The van der Waals surface area contributed by atoms with Gasteiger partial charge in [0.2, 0.25) is 0 Å². The van der Waals surface area contributed by atoms with Crippen LogP contribution in [0.3, 0.4) is 0 Å². The molecule has 0 atom stereocenters. The van der Waals surface area contributed by atoms with Crippen LogP contribution in [0.4, 0.5) is 4.39 Å². The van der Waals surface area contributed by atoms with Crippen molar-refractivity contribution in [3.8, 4) is 0 Å². The Morgan fingerprint density at radius 1 is 1.17 bits per heavy atom. The number of rotatable bonds is 2. The van der Waals surface area contributed by atoms with E-state index in [2.05, 4.69) is 10.2 Å². The van der Waals surface area contributed by atoms with Gasteiger partial charge in [-0.2, -0.15) is 0 Å². The number of hydrogen-bond acceptors (Lipinski definition) is 2. The second kappa shape index (κ2) is 4.22. The molecule has 0 saturated heterocycles. The van der Waals surface area contributed by atoms with E-state index in [-0.39, 0.29) is 5.82 Å². The van der Waals surface area contributed by atoms with Crippen LogP contribution in [0.1, 0.15) is 17.0 Å². The molecule has 0 spiro atoms. The fraction of sp³-hybridized carbons (Fsp3) is 0.143. The summed E-state index contributed by atoms with van der Waals surface area (Å²) in [5, 5.41) is 8.21. The molecule has 0 fully saturated rings. The third-order valence-electron chi connectivity index (χ3n) is 2.94. The van der Waals surface area contributed by atoms with Crippen molar-refractivity contribution in [3.63, 3.8) is 0 Å². The molecule has 0 aliphatic heterocycles. The van der Waals surface area contributed by atoms with Crippen molar-refractivity contribution in [2.24, 2.45) is 0 Å². The minimum absolute atomic E-state index is 0.207. The highest BCUT2D eigenvalue weighted by Crippen LogP contribution is 2.13. The normalized spacial score (nSPS) is 11.0. The van der Waals surface area contributed by atoms with E-state index in [9.17, 15) is 4.39 Å². The molecule has 2 heterocycles. The minimum Gasteiger partial charge on any atom is -0.286 e. The van der Waals surface area contributed by atoms with E-state index < -0.39 is 0 Å². The minimum atomic E-state index is -0.207. The van der Waals surface area contributed by atoms with Crippen molar-refractivity contribution < 1.29 is 4.39 Å². The Morgan fingerprint density at radius 2 is 2.00 bits per heavy atom. The lowest BCUT2D eigenvalue weighted by Gasteiger charge is -2.02. The van der Waals surface area contributed by atoms with Crippen LogP contribution in [0.25, 0.3) is 5.65 Å². The molecular weight excluding hydrogens is 229 g/mol. The Kier molecular flexibility index (Phi) is 2.55. The zero-order chi connectivity index (χ0) is 12.5. The van der Waals surface area contributed by atoms with Gasteiger partial charge >= 0.3 is 0 Å². The molecule has 0 radical (unpaired) electrons. The van der Waals surface area contributed by atoms with Gasteiger partial charge in [0.25, 0.3) is 0 Å². The molecule has 0 amide bonds. The van der Waals surface area contributed by atoms with Crippen LogP contribution >= 0.6 is 0 Å². The summed E-state index contributed by atoms with van der Waals surface area (Å²) < 4.78 is 15.5. The zero-order valence-electron chi connectivity index (χ0n) is 9.97. The number of hydrogen-bond donors (Lipinski definition) is 0. The molecule has 3 aromatic rings. The summed E-state index contributed by atoms with van der Waals surface area (Å²) in [6.07, 6.45) is 2.36. The zero-order valence-corrected chi connectivity index (χ0v) is 9.97. The van der Waals surface area contributed by atoms with E-state index in [4.69, 9.17) is 0 Å². The third-order valence-corrected chi connectivity index (χ3v) is 2.94. The standard InChI is InChI=1S/C14H12FN3/c1-10-6-7-18-13(8-10)16-17-14(18)9-11-4-2-3-5-12(11)15/h2-8H,9H2,1H3. The third kappa shape index (κ3) is 1.86. The Labute approximate surface area is 104 Å². The lowest BCUT2D eigenvalue weighted by atomic mass is 10.1. The average Bonchev–Trinajstić information content (AvgIpc) is 2.74. The smallest absolute Gasteiger partial charge is 0.161 e. The summed E-state index contributed by atoms with van der Waals surface area (Å²) in [4.78, 5) is 0. The molecule has 0 aliphatic carbocycles. The molecule has 3 rings (SSSR count). The highest BCUT2D eigenvalue weighted by molar-refractivity contribution is 5.41. The number of halogens is 1. The van der Waals surface area contributed by atoms with Gasteiger partial charge in [-0.15, -0.1) is 10.2 Å². The molecular formula is C14H12FN3. The lowest BCUT2D eigenvalue weighted by molar-refractivity contribution is 0.611. The topological polar surface area (TPSA) is 30.2 Å². The summed E-state index contributed by atoms with van der Waals surface area (Å²) in [6, 6.07) is 10.7. The van der Waals surface area contributed by atoms with Crippen molar-refractivity contribution >= 4 is 5.65 Å². The summed E-state index contributed by atoms with van der Waals surface area (Å²) >= 11 is 0. The van der Waals surface area contributed by atoms with Gasteiger partial charge in [-0.1, -0.05) is 18.2 Å². The van der Waals surface area contributed by atoms with Gasteiger partial charge < -0.3 is 0 Å². The van der Waals surface area contributed by atoms with E-state index >= 15 is 0 Å². The Morgan fingerprint density at radius 3 is 2.83 bits per heavy atom. The number of aryl methyl sites for hydroxylation is 1. The van der Waals surface area contributed by atoms with Gasteiger partial charge in [-0.25, -0.2) is 4.39 Å². The molecule has 0 aliphatic rings. The van der Waals surface area contributed by atoms with Crippen molar-refractivity contribution in [3.05, 3.63) is 65.4 Å². The van der Waals surface area contributed by atoms with Crippen LogP contribution < -0.4 is 0 Å². The van der Waals surface area contributed by atoms with Gasteiger partial charge in [0.15, 0.2) is 5.65 Å². The highest BCUT2D eigenvalue weighted by Gasteiger charge is 2.08. The maximum atomic E-state index is 13.6. The predicted molar refractivity (Wildman–Crippen MR) is 66.9 cm³/mol. The molecule has 3 nitrogen and oxygen atoms in total. The molecule has 0 unspecified atom stereocenters. The van der Waals surface area contributed by atoms with Gasteiger partial charge in [0.05, 0.1) is 0 Å². The first-order valence-corrected chi connectivity index (χ1v) is 5.78. The van der Waals surface area contributed by atoms with Crippen molar-refractivity contribution in [1.82, 2.24) is 14.6 Å². The van der Waals surface area contributed by atoms with Gasteiger partial charge in [-0.3, -0.25) is 4.40 Å². The Hall–Kier alpha value is -2.23. The summed E-state index contributed by atoms with van der Waals surface area (Å²) in [6.45, 7) is 2.01. The number of aromatic nitrogens is 3. The monoisotopic (exact) mass is 241 g/mol. The lowest BCUT2D eigenvalue weighted by Crippen LogP contribution is -1.98. The quantitative estimate of drug-likeness (QED) is 0.690. The molecule has 18 heavy (non-hydrogen) atoms. The fourth-order valence-electron chi connectivity index (χ4n) is 1.97. The van der Waals surface area contributed by atoms with Crippen LogP contribution in [0.15, 0.2) is 42.6 Å². The van der Waals surface area contributed by atoms with Crippen LogP contribution in [0.2, 0.25) is 0 Å². The number of benzene rings is 1. The summed E-state index contributed by atoms with van der Waals surface area (Å²) in [5.41, 5.74) is 2.56. The Balaban J connectivity index is 2.03. The van der Waals surface area contributed by atoms with Gasteiger partial charge in [0, 0.05) is 12.6 Å². The average molecular weight is 241 g/mol. The molecule has 90 valence electrons. The van der Waals surface area contributed by atoms with Crippen LogP contribution in [0.5, 0.6) is 0 Å². The first kappa shape index (κ1) is 10.9. The molecule has 0 saturated carbocycles. The van der Waals surface area contributed by atoms with E-state index in [1.807, 2.05) is 35.7 Å². The van der Waals surface area contributed by atoms with E-state index in [0.717, 1.165) is 17.0 Å². The number of nitrogens with zero attached hydrogens (tertiary/aromatic N) is 3. The summed E-state index contributed by atoms with van der Waals surface area (Å²) in [5.74, 6) is 0.538. The van der Waals surface area contributed by atoms with E-state index in [0.29, 0.717) is 12.0 Å². The predicted octanol–water partition coefficient (Wildman–Crippen LogP) is 2.77. The molecule has 2 aromatic heterocycles. The molecule has 1 aromatic carbocycles. The first-order valence-electron chi connectivity index (χ1n) is 5.78. The number of fused-ring (bicyclic) bond motifs is 1. The highest BCUT2D eigenvalue weighted by atomic mass is 19.1. The Bertz CT molecular complexity index is 703. The SMILES string of the molecule is Cc1ccn2c(Cc3ccccc3F)nnc2c1. The molecule has 0 N–H and O–H groups in total. The van der Waals surface area contributed by atoms with Gasteiger partial charge in [0.1, 0.15) is 11.6 Å². The largest absolute Gasteiger partial charge is 0.286 e. The fourth-order valence-corrected chi connectivity index (χ4v) is 1.97. The van der Waals surface area contributed by atoms with Crippen LogP contribution in [-0.2, 0) is 6.42 Å². The maximum Gasteiger partial charge on any atom is 0.161 e. The van der Waals surface area contributed by atoms with Crippen molar-refractivity contribution in [1.29, 1.82) is 0 Å². The molecule has 4 heteroatoms.